The minimum absolute atomic E-state index is 0.472. The number of benzene rings is 1. The Kier molecular flexibility index (Phi) is 6.58. The summed E-state index contributed by atoms with van der Waals surface area (Å²) in [6.07, 6.45) is 1.78. The lowest BCUT2D eigenvalue weighted by Crippen LogP contribution is -2.45. The fourth-order valence-electron chi connectivity index (χ4n) is 1.95. The molecule has 26 heavy (non-hydrogen) atoms. The molecule has 1 aromatic carbocycles. The van der Waals surface area contributed by atoms with Crippen molar-refractivity contribution in [3.8, 4) is 5.75 Å². The summed E-state index contributed by atoms with van der Waals surface area (Å²) < 4.78 is 63.6. The van der Waals surface area contributed by atoms with Crippen LogP contribution in [-0.4, -0.2) is 48.5 Å². The number of halogens is 3. The Labute approximate surface area is 152 Å². The summed E-state index contributed by atoms with van der Waals surface area (Å²) in [7, 11) is -6.09. The number of carboxylic acids is 1. The van der Waals surface area contributed by atoms with Crippen molar-refractivity contribution in [1.82, 2.24) is 5.32 Å². The van der Waals surface area contributed by atoms with Crippen molar-refractivity contribution < 1.29 is 40.5 Å². The Morgan fingerprint density at radius 3 is 2.31 bits per heavy atom. The molecule has 146 valence electrons. The van der Waals surface area contributed by atoms with Gasteiger partial charge in [-0.3, -0.25) is 4.79 Å². The van der Waals surface area contributed by atoms with Crippen LogP contribution in [0.25, 0.3) is 0 Å². The van der Waals surface area contributed by atoms with Crippen LogP contribution in [0.3, 0.4) is 0 Å². The first-order valence-electron chi connectivity index (χ1n) is 6.90. The largest absolute Gasteiger partial charge is 0.534 e. The third-order valence-corrected chi connectivity index (χ3v) is 4.90. The number of carbonyl (C=O) groups is 2. The molecule has 0 radical (unpaired) electrons. The van der Waals surface area contributed by atoms with Crippen LogP contribution in [0, 0.1) is 0 Å². The number of carboxylic acid groups (broad SMARTS) is 1. The average molecular weight is 415 g/mol. The molecule has 0 saturated heterocycles. The van der Waals surface area contributed by atoms with Gasteiger partial charge in [0.25, 0.3) is 5.91 Å². The van der Waals surface area contributed by atoms with Crippen molar-refractivity contribution in [3.05, 3.63) is 29.3 Å². The van der Waals surface area contributed by atoms with Gasteiger partial charge in [0, 0.05) is 11.3 Å². The maximum Gasteiger partial charge on any atom is 0.534 e. The van der Waals surface area contributed by atoms with Crippen molar-refractivity contribution in [2.45, 2.75) is 24.9 Å². The minimum Gasteiger partial charge on any atom is -0.478 e. The summed E-state index contributed by atoms with van der Waals surface area (Å²) in [6.45, 7) is 3.33. The van der Waals surface area contributed by atoms with Crippen molar-refractivity contribution in [2.24, 2.45) is 0 Å². The smallest absolute Gasteiger partial charge is 0.478 e. The topological polar surface area (TPSA) is 110 Å². The highest BCUT2D eigenvalue weighted by Crippen LogP contribution is 2.30. The number of amides is 1. The zero-order valence-electron chi connectivity index (χ0n) is 13.9. The third-order valence-electron chi connectivity index (χ3n) is 2.92. The van der Waals surface area contributed by atoms with Crippen molar-refractivity contribution >= 4 is 33.8 Å². The minimum atomic E-state index is -6.09. The Morgan fingerprint density at radius 1 is 1.27 bits per heavy atom. The van der Waals surface area contributed by atoms with Crippen LogP contribution >= 0.6 is 11.8 Å². The maximum absolute atomic E-state index is 12.5. The number of alkyl halides is 3. The average Bonchev–Trinajstić information content (AvgIpc) is 2.44. The Hall–Kier alpha value is -1.95. The third kappa shape index (κ3) is 5.27. The van der Waals surface area contributed by atoms with Crippen LogP contribution in [0.2, 0.25) is 0 Å². The zero-order valence-corrected chi connectivity index (χ0v) is 15.5. The highest BCUT2D eigenvalue weighted by atomic mass is 32.2. The van der Waals surface area contributed by atoms with Crippen LogP contribution < -0.4 is 9.50 Å². The standard InChI is InChI=1S/C14H16F3NO6S2/c1-13(2,7-25-3)18-11(19)8-5-4-6-9(10(8)12(20)21)24-26(22,23)14(15,16)17/h4-6H,7H2,1-3H3,(H,18,19)(H,20,21). The van der Waals surface area contributed by atoms with Gasteiger partial charge in [-0.15, -0.1) is 0 Å². The van der Waals surface area contributed by atoms with E-state index in [4.69, 9.17) is 0 Å². The predicted molar refractivity (Wildman–Crippen MR) is 88.9 cm³/mol. The van der Waals surface area contributed by atoms with Gasteiger partial charge in [0.05, 0.1) is 5.56 Å². The molecule has 2 N–H and O–H groups in total. The summed E-state index contributed by atoms with van der Waals surface area (Å²) in [5, 5.41) is 11.8. The van der Waals surface area contributed by atoms with E-state index in [9.17, 15) is 36.3 Å². The van der Waals surface area contributed by atoms with Gasteiger partial charge in [0.15, 0.2) is 5.75 Å². The van der Waals surface area contributed by atoms with E-state index < -0.39 is 49.9 Å². The van der Waals surface area contributed by atoms with Crippen molar-refractivity contribution in [1.29, 1.82) is 0 Å². The molecule has 0 aliphatic rings. The highest BCUT2D eigenvalue weighted by Gasteiger charge is 2.49. The van der Waals surface area contributed by atoms with Gasteiger partial charge >= 0.3 is 21.6 Å². The molecule has 12 heteroatoms. The Balaban J connectivity index is 3.37. The van der Waals surface area contributed by atoms with Crippen molar-refractivity contribution in [2.75, 3.05) is 12.0 Å². The fraction of sp³-hybridized carbons (Fsp3) is 0.429. The second-order valence-electron chi connectivity index (χ2n) is 5.74. The van der Waals surface area contributed by atoms with Gasteiger partial charge < -0.3 is 14.6 Å². The lowest BCUT2D eigenvalue weighted by Gasteiger charge is -2.25. The molecular weight excluding hydrogens is 399 g/mol. The van der Waals surface area contributed by atoms with Gasteiger partial charge in [-0.2, -0.15) is 33.4 Å². The monoisotopic (exact) mass is 415 g/mol. The normalized spacial score (nSPS) is 12.5. The van der Waals surface area contributed by atoms with Crippen LogP contribution in [0.15, 0.2) is 18.2 Å². The molecule has 0 aromatic heterocycles. The van der Waals surface area contributed by atoms with E-state index in [1.54, 1.807) is 20.1 Å². The van der Waals surface area contributed by atoms with E-state index in [-0.39, 0.29) is 0 Å². The van der Waals surface area contributed by atoms with Crippen LogP contribution in [0.4, 0.5) is 13.2 Å². The molecule has 0 heterocycles. The number of rotatable bonds is 7. The number of carbonyl (C=O) groups excluding carboxylic acids is 1. The molecule has 0 saturated carbocycles. The van der Waals surface area contributed by atoms with E-state index >= 15 is 0 Å². The lowest BCUT2D eigenvalue weighted by molar-refractivity contribution is -0.0500. The second kappa shape index (κ2) is 7.74. The highest BCUT2D eigenvalue weighted by molar-refractivity contribution is 7.98. The van der Waals surface area contributed by atoms with E-state index in [1.807, 2.05) is 0 Å². The molecule has 1 rings (SSSR count). The Bertz CT molecular complexity index is 805. The molecule has 0 aliphatic carbocycles. The van der Waals surface area contributed by atoms with E-state index in [2.05, 4.69) is 9.50 Å². The SMILES string of the molecule is CSCC(C)(C)NC(=O)c1cccc(OS(=O)(=O)C(F)(F)F)c1C(=O)O. The molecule has 0 spiro atoms. The number of hydrogen-bond donors (Lipinski definition) is 2. The van der Waals surface area contributed by atoms with Gasteiger partial charge in [-0.05, 0) is 32.2 Å². The number of hydrogen-bond acceptors (Lipinski definition) is 6. The molecular formula is C14H16F3NO6S2. The van der Waals surface area contributed by atoms with Crippen LogP contribution in [0.1, 0.15) is 34.6 Å². The number of nitrogens with one attached hydrogen (secondary N) is 1. The van der Waals surface area contributed by atoms with Gasteiger partial charge in [-0.25, -0.2) is 4.79 Å². The molecule has 0 aliphatic heterocycles. The quantitative estimate of drug-likeness (QED) is 0.520. The van der Waals surface area contributed by atoms with E-state index in [0.717, 1.165) is 18.2 Å². The molecule has 0 fully saturated rings. The Morgan fingerprint density at radius 2 is 1.85 bits per heavy atom. The first kappa shape index (κ1) is 22.1. The summed E-state index contributed by atoms with van der Waals surface area (Å²) in [4.78, 5) is 23.8. The zero-order chi connectivity index (χ0) is 20.3. The van der Waals surface area contributed by atoms with Crippen molar-refractivity contribution in [3.63, 3.8) is 0 Å². The van der Waals surface area contributed by atoms with Gasteiger partial charge in [-0.1, -0.05) is 6.07 Å². The lowest BCUT2D eigenvalue weighted by atomic mass is 10.0. The molecule has 0 unspecified atom stereocenters. The van der Waals surface area contributed by atoms with E-state index in [0.29, 0.717) is 5.75 Å². The molecule has 0 bridgehead atoms. The molecule has 1 aromatic rings. The fourth-order valence-corrected chi connectivity index (χ4v) is 3.21. The second-order valence-corrected chi connectivity index (χ2v) is 8.14. The van der Waals surface area contributed by atoms with E-state index in [1.165, 1.54) is 11.8 Å². The van der Waals surface area contributed by atoms with Gasteiger partial charge in [0.1, 0.15) is 5.56 Å². The molecule has 1 amide bonds. The van der Waals surface area contributed by atoms with Crippen LogP contribution in [-0.2, 0) is 10.1 Å². The first-order valence-corrected chi connectivity index (χ1v) is 9.70. The number of thioether (sulfide) groups is 1. The summed E-state index contributed by atoms with van der Waals surface area (Å²) >= 11 is 1.41. The maximum atomic E-state index is 12.5. The summed E-state index contributed by atoms with van der Waals surface area (Å²) in [6, 6.07) is 2.78. The first-order chi connectivity index (χ1) is 11.7. The number of aromatic carboxylic acids is 1. The molecule has 7 nitrogen and oxygen atoms in total. The summed E-state index contributed by atoms with van der Waals surface area (Å²) in [5.41, 5.74) is -8.01. The van der Waals surface area contributed by atoms with Crippen LogP contribution in [0.5, 0.6) is 5.75 Å². The van der Waals surface area contributed by atoms with Gasteiger partial charge in [0.2, 0.25) is 0 Å². The summed E-state index contributed by atoms with van der Waals surface area (Å²) in [5.74, 6) is -3.34. The predicted octanol–water partition coefficient (Wildman–Crippen LogP) is 2.48. The molecule has 0 atom stereocenters.